The first-order valence-corrected chi connectivity index (χ1v) is 9.27. The molecule has 1 heterocycles. The van der Waals surface area contributed by atoms with Gasteiger partial charge in [0.2, 0.25) is 0 Å². The third-order valence-corrected chi connectivity index (χ3v) is 5.15. The normalized spacial score (nSPS) is 22.4. The number of carbonyl (C=O) groups is 1. The summed E-state index contributed by atoms with van der Waals surface area (Å²) in [6.07, 6.45) is 11.9. The molecule has 0 radical (unpaired) electrons. The summed E-state index contributed by atoms with van der Waals surface area (Å²) >= 11 is 0. The molecule has 0 spiro atoms. The molecule has 0 aromatic carbocycles. The Labute approximate surface area is 157 Å². The van der Waals surface area contributed by atoms with Crippen LogP contribution < -0.4 is 0 Å². The molecule has 144 valence electrons. The van der Waals surface area contributed by atoms with Gasteiger partial charge < -0.3 is 19.5 Å². The van der Waals surface area contributed by atoms with Crippen LogP contribution in [0.5, 0.6) is 0 Å². The second-order valence-corrected chi connectivity index (χ2v) is 6.99. The van der Waals surface area contributed by atoms with E-state index in [4.69, 9.17) is 15.9 Å². The number of aliphatic hydroxyl groups excluding tert-OH is 1. The first kappa shape index (κ1) is 22.2. The Hall–Kier alpha value is -0.800. The Morgan fingerprint density at radius 2 is 1.96 bits per heavy atom. The molecule has 5 nitrogen and oxygen atoms in total. The summed E-state index contributed by atoms with van der Waals surface area (Å²) in [6, 6.07) is 0. The molecule has 1 unspecified atom stereocenters. The zero-order valence-corrected chi connectivity index (χ0v) is 16.1. The maximum Gasteiger partial charge on any atom is 0.309 e. The van der Waals surface area contributed by atoms with Crippen molar-refractivity contribution < 1.29 is 19.4 Å². The number of likely N-dealkylation sites (tertiary alicyclic amines) is 1. The Bertz CT molecular complexity index is 437. The molecule has 1 saturated heterocycles. The molecule has 0 amide bonds. The lowest BCUT2D eigenvalue weighted by molar-refractivity contribution is -0.149. The Morgan fingerprint density at radius 1 is 1.32 bits per heavy atom. The number of hydrogen-bond acceptors (Lipinski definition) is 5. The lowest BCUT2D eigenvalue weighted by atomic mass is 9.85. The van der Waals surface area contributed by atoms with Crippen LogP contribution in [0.15, 0.2) is 0 Å². The molecular formula is C19H32ClNO4. The molecule has 2 fully saturated rings. The van der Waals surface area contributed by atoms with Crippen molar-refractivity contribution in [1.82, 2.24) is 4.90 Å². The summed E-state index contributed by atoms with van der Waals surface area (Å²) in [4.78, 5) is 13.9. The molecule has 1 saturated carbocycles. The van der Waals surface area contributed by atoms with Gasteiger partial charge in [0.25, 0.3) is 0 Å². The van der Waals surface area contributed by atoms with Gasteiger partial charge in [0.15, 0.2) is 0 Å². The van der Waals surface area contributed by atoms with Gasteiger partial charge in [0.1, 0.15) is 5.60 Å². The monoisotopic (exact) mass is 373 g/mol. The van der Waals surface area contributed by atoms with Crippen molar-refractivity contribution in [2.45, 2.75) is 63.6 Å². The fourth-order valence-electron chi connectivity index (χ4n) is 3.67. The lowest BCUT2D eigenvalue weighted by Gasteiger charge is -2.35. The minimum atomic E-state index is -0.545. The number of esters is 1. The van der Waals surface area contributed by atoms with Gasteiger partial charge in [0.05, 0.1) is 25.2 Å². The molecule has 1 aliphatic carbocycles. The fraction of sp³-hybridized carbons (Fsp3) is 0.842. The molecule has 1 N–H and O–H groups in total. The highest BCUT2D eigenvalue weighted by molar-refractivity contribution is 5.85. The van der Waals surface area contributed by atoms with Gasteiger partial charge in [-0.1, -0.05) is 12.3 Å². The van der Waals surface area contributed by atoms with Gasteiger partial charge in [-0.25, -0.2) is 0 Å². The smallest absolute Gasteiger partial charge is 0.309 e. The van der Waals surface area contributed by atoms with Gasteiger partial charge in [-0.3, -0.25) is 4.79 Å². The minimum absolute atomic E-state index is 0. The molecule has 2 aliphatic rings. The van der Waals surface area contributed by atoms with Gasteiger partial charge in [-0.2, -0.15) is 0 Å². The summed E-state index contributed by atoms with van der Waals surface area (Å²) < 4.78 is 11.0. The minimum Gasteiger partial charge on any atom is -0.466 e. The number of terminal acetylenes is 1. The molecule has 6 heteroatoms. The van der Waals surface area contributed by atoms with Crippen LogP contribution in [-0.2, 0) is 14.3 Å². The van der Waals surface area contributed by atoms with Crippen LogP contribution in [0.25, 0.3) is 0 Å². The predicted molar refractivity (Wildman–Crippen MR) is 99.7 cm³/mol. The molecule has 1 aliphatic heterocycles. The standard InChI is InChI=1S/C19H31NO4.ClH/c1-3-19(10-6-5-7-11-19)24-15-17(21)14-20-12-8-16(9-13-20)18(22)23-4-2;/h1,16-17,21H,4-15H2,2H3;1H. The lowest BCUT2D eigenvalue weighted by Crippen LogP contribution is -2.43. The Kier molecular flexibility index (Phi) is 9.81. The van der Waals surface area contributed by atoms with Crippen molar-refractivity contribution in [1.29, 1.82) is 0 Å². The predicted octanol–water partition coefficient (Wildman–Crippen LogP) is 2.40. The molecule has 1 atom stereocenters. The van der Waals surface area contributed by atoms with Gasteiger partial charge in [0, 0.05) is 6.54 Å². The summed E-state index contributed by atoms with van der Waals surface area (Å²) in [7, 11) is 0. The van der Waals surface area contributed by atoms with Crippen LogP contribution in [0.4, 0.5) is 0 Å². The van der Waals surface area contributed by atoms with E-state index in [1.165, 1.54) is 6.42 Å². The molecule has 0 aromatic heterocycles. The van der Waals surface area contributed by atoms with E-state index in [-0.39, 0.29) is 30.9 Å². The van der Waals surface area contributed by atoms with Crippen molar-refractivity contribution >= 4 is 18.4 Å². The number of ether oxygens (including phenoxy) is 2. The van der Waals surface area contributed by atoms with E-state index in [9.17, 15) is 9.90 Å². The quantitative estimate of drug-likeness (QED) is 0.548. The fourth-order valence-corrected chi connectivity index (χ4v) is 3.67. The van der Waals surface area contributed by atoms with Crippen LogP contribution in [0.1, 0.15) is 51.9 Å². The van der Waals surface area contributed by atoms with Gasteiger partial charge >= 0.3 is 5.97 Å². The SMILES string of the molecule is C#CC1(OCC(O)CN2CCC(C(=O)OCC)CC2)CCCCC1.Cl. The summed E-state index contributed by atoms with van der Waals surface area (Å²) in [5.74, 6) is 2.72. The van der Waals surface area contributed by atoms with Gasteiger partial charge in [-0.05, 0) is 58.5 Å². The first-order chi connectivity index (χ1) is 11.6. The number of nitrogens with zero attached hydrogens (tertiary/aromatic N) is 1. The van der Waals surface area contributed by atoms with Crippen molar-refractivity contribution in [2.75, 3.05) is 32.8 Å². The highest BCUT2D eigenvalue weighted by Gasteiger charge is 2.32. The van der Waals surface area contributed by atoms with E-state index in [0.29, 0.717) is 13.2 Å². The summed E-state index contributed by atoms with van der Waals surface area (Å²) in [5, 5.41) is 10.3. The Balaban J connectivity index is 0.00000312. The zero-order valence-electron chi connectivity index (χ0n) is 15.2. The highest BCUT2D eigenvalue weighted by Crippen LogP contribution is 2.31. The third kappa shape index (κ3) is 6.79. The number of carbonyl (C=O) groups excluding carboxylic acids is 1. The highest BCUT2D eigenvalue weighted by atomic mass is 35.5. The second kappa shape index (κ2) is 11.0. The largest absolute Gasteiger partial charge is 0.466 e. The van der Waals surface area contributed by atoms with Crippen molar-refractivity contribution in [2.24, 2.45) is 5.92 Å². The summed E-state index contributed by atoms with van der Waals surface area (Å²) in [5.41, 5.74) is -0.476. The maximum absolute atomic E-state index is 11.7. The molecule has 2 rings (SSSR count). The first-order valence-electron chi connectivity index (χ1n) is 9.27. The number of aliphatic hydroxyl groups is 1. The van der Waals surface area contributed by atoms with E-state index >= 15 is 0 Å². The van der Waals surface area contributed by atoms with E-state index in [2.05, 4.69) is 10.8 Å². The van der Waals surface area contributed by atoms with Crippen LogP contribution in [0.2, 0.25) is 0 Å². The molecule has 25 heavy (non-hydrogen) atoms. The number of hydrogen-bond donors (Lipinski definition) is 1. The van der Waals surface area contributed by atoms with Gasteiger partial charge in [-0.15, -0.1) is 18.8 Å². The van der Waals surface area contributed by atoms with E-state index < -0.39 is 11.7 Å². The number of halogens is 1. The van der Waals surface area contributed by atoms with E-state index in [1.807, 2.05) is 6.92 Å². The van der Waals surface area contributed by atoms with Crippen LogP contribution in [0, 0.1) is 18.3 Å². The number of β-amino-alcohol motifs (C(OH)–C–C–N with tert-alkyl or cyclic N) is 1. The number of piperidine rings is 1. The maximum atomic E-state index is 11.7. The Morgan fingerprint density at radius 3 is 2.52 bits per heavy atom. The van der Waals surface area contributed by atoms with E-state index in [1.54, 1.807) is 0 Å². The summed E-state index contributed by atoms with van der Waals surface area (Å²) in [6.45, 7) is 4.73. The molecule has 0 aromatic rings. The van der Waals surface area contributed by atoms with E-state index in [0.717, 1.165) is 51.6 Å². The van der Waals surface area contributed by atoms with Crippen LogP contribution in [-0.4, -0.2) is 60.5 Å². The third-order valence-electron chi connectivity index (χ3n) is 5.15. The zero-order chi connectivity index (χ0) is 17.4. The molecular weight excluding hydrogens is 342 g/mol. The number of rotatable bonds is 7. The van der Waals surface area contributed by atoms with Crippen molar-refractivity contribution in [3.05, 3.63) is 0 Å². The average Bonchev–Trinajstić information content (AvgIpc) is 2.61. The van der Waals surface area contributed by atoms with Crippen LogP contribution in [0.3, 0.4) is 0 Å². The average molecular weight is 374 g/mol. The van der Waals surface area contributed by atoms with Crippen LogP contribution >= 0.6 is 12.4 Å². The topological polar surface area (TPSA) is 59.0 Å². The second-order valence-electron chi connectivity index (χ2n) is 6.99. The molecule has 0 bridgehead atoms. The van der Waals surface area contributed by atoms with Crippen molar-refractivity contribution in [3.63, 3.8) is 0 Å². The van der Waals surface area contributed by atoms with Crippen molar-refractivity contribution in [3.8, 4) is 12.3 Å².